The number of anilines is 1. The second kappa shape index (κ2) is 10.6. The molecule has 8 nitrogen and oxygen atoms in total. The van der Waals surface area contributed by atoms with E-state index >= 15 is 0 Å². The minimum Gasteiger partial charge on any atom is -0.490 e. The van der Waals surface area contributed by atoms with Crippen molar-refractivity contribution in [2.45, 2.75) is 67.9 Å². The molecule has 0 unspecified atom stereocenters. The molecule has 220 valence electrons. The molecule has 1 spiro atoms. The van der Waals surface area contributed by atoms with Crippen LogP contribution in [0.3, 0.4) is 0 Å². The van der Waals surface area contributed by atoms with Crippen molar-refractivity contribution in [1.29, 1.82) is 0 Å². The summed E-state index contributed by atoms with van der Waals surface area (Å²) in [5.74, 6) is 0.302. The maximum absolute atomic E-state index is 13.4. The van der Waals surface area contributed by atoms with Crippen LogP contribution in [0.15, 0.2) is 53.4 Å². The molecule has 4 atom stereocenters. The van der Waals surface area contributed by atoms with Crippen LogP contribution in [0.4, 0.5) is 5.69 Å². The number of aliphatic hydroxyl groups excluding tert-OH is 1. The Labute approximate surface area is 247 Å². The third-order valence-corrected chi connectivity index (χ3v) is 11.0. The zero-order valence-electron chi connectivity index (χ0n) is 23.5. The first-order chi connectivity index (χ1) is 19.5. The Hall–Kier alpha value is -2.59. The van der Waals surface area contributed by atoms with Gasteiger partial charge in [-0.05, 0) is 99.2 Å². The maximum Gasteiger partial charge on any atom is 0.264 e. The quantitative estimate of drug-likeness (QED) is 0.394. The van der Waals surface area contributed by atoms with Crippen LogP contribution in [0, 0.1) is 11.8 Å². The summed E-state index contributed by atoms with van der Waals surface area (Å²) < 4.78 is 35.6. The number of aryl methyl sites for hydroxylation is 1. The number of ether oxygens (including phenoxy) is 1. The van der Waals surface area contributed by atoms with Crippen molar-refractivity contribution in [2.24, 2.45) is 11.8 Å². The van der Waals surface area contributed by atoms with Crippen molar-refractivity contribution in [3.8, 4) is 5.75 Å². The van der Waals surface area contributed by atoms with Crippen LogP contribution in [0.2, 0.25) is 5.02 Å². The number of amides is 1. The van der Waals surface area contributed by atoms with Crippen LogP contribution >= 0.6 is 11.6 Å². The van der Waals surface area contributed by atoms with Crippen LogP contribution in [-0.2, 0) is 26.7 Å². The van der Waals surface area contributed by atoms with Crippen molar-refractivity contribution >= 4 is 33.2 Å². The van der Waals surface area contributed by atoms with E-state index in [0.29, 0.717) is 37.7 Å². The Morgan fingerprint density at radius 2 is 1.98 bits per heavy atom. The summed E-state index contributed by atoms with van der Waals surface area (Å²) in [4.78, 5) is 15.3. The van der Waals surface area contributed by atoms with Crippen LogP contribution in [0.5, 0.6) is 5.75 Å². The molecule has 0 radical (unpaired) electrons. The smallest absolute Gasteiger partial charge is 0.264 e. The molecule has 1 saturated carbocycles. The summed E-state index contributed by atoms with van der Waals surface area (Å²) in [5.41, 5.74) is 1.72. The van der Waals surface area contributed by atoms with E-state index < -0.39 is 27.6 Å². The molecule has 1 fully saturated rings. The molecule has 2 aromatic rings. The number of halogens is 1. The zero-order chi connectivity index (χ0) is 29.0. The molecule has 4 aliphatic rings. The average Bonchev–Trinajstić information content (AvgIpc) is 3.05. The fourth-order valence-corrected chi connectivity index (χ4v) is 8.19. The third kappa shape index (κ3) is 5.38. The lowest BCUT2D eigenvalue weighted by Gasteiger charge is -2.45. The van der Waals surface area contributed by atoms with E-state index in [4.69, 9.17) is 16.3 Å². The minimum atomic E-state index is -4.14. The van der Waals surface area contributed by atoms with E-state index in [1.807, 2.05) is 12.1 Å². The number of nitrogens with zero attached hydrogens (tertiary/aromatic N) is 1. The third-order valence-electron chi connectivity index (χ3n) is 9.48. The van der Waals surface area contributed by atoms with Crippen LogP contribution in [0.1, 0.15) is 50.7 Å². The van der Waals surface area contributed by atoms with Gasteiger partial charge in [0.05, 0.1) is 28.8 Å². The number of hydrogen-bond acceptors (Lipinski definition) is 7. The lowest BCUT2D eigenvalue weighted by atomic mass is 9.68. The Morgan fingerprint density at radius 1 is 1.15 bits per heavy atom. The highest BCUT2D eigenvalue weighted by Gasteiger charge is 2.44. The van der Waals surface area contributed by atoms with Gasteiger partial charge in [-0.25, -0.2) is 13.1 Å². The van der Waals surface area contributed by atoms with Crippen molar-refractivity contribution in [3.05, 3.63) is 64.7 Å². The molecule has 10 heteroatoms. The van der Waals surface area contributed by atoms with Crippen molar-refractivity contribution in [2.75, 3.05) is 31.1 Å². The number of rotatable bonds is 0. The monoisotopic (exact) mass is 599 g/mol. The molecular weight excluding hydrogens is 562 g/mol. The molecule has 2 heterocycles. The normalized spacial score (nSPS) is 31.5. The first-order valence-corrected chi connectivity index (χ1v) is 16.3. The van der Waals surface area contributed by atoms with E-state index in [-0.39, 0.29) is 22.1 Å². The number of benzene rings is 2. The van der Waals surface area contributed by atoms with E-state index in [1.165, 1.54) is 17.2 Å². The van der Waals surface area contributed by atoms with Crippen molar-refractivity contribution in [1.82, 2.24) is 10.0 Å². The highest BCUT2D eigenvalue weighted by molar-refractivity contribution is 7.90. The summed E-state index contributed by atoms with van der Waals surface area (Å²) in [6.07, 6.45) is 7.83. The summed E-state index contributed by atoms with van der Waals surface area (Å²) in [5, 5.41) is 14.8. The SMILES string of the molecule is CC1(C)NC/C=C\[C@H](O)[C@@H]2CC[C@H]2CN2C[C@@]3(CCCc4cc(Cl)ccc43)COc3ccc(cc32)S(=O)(=O)NC1=O. The number of carbonyl (C=O) groups excluding carboxylic acids is 1. The van der Waals surface area contributed by atoms with Gasteiger partial charge < -0.3 is 20.1 Å². The molecule has 1 amide bonds. The highest BCUT2D eigenvalue weighted by atomic mass is 35.5. The topological polar surface area (TPSA) is 108 Å². The van der Waals surface area contributed by atoms with Crippen LogP contribution in [0.25, 0.3) is 0 Å². The van der Waals surface area contributed by atoms with Gasteiger partial charge in [-0.3, -0.25) is 4.79 Å². The number of hydrogen-bond donors (Lipinski definition) is 3. The Morgan fingerprint density at radius 3 is 2.76 bits per heavy atom. The molecule has 2 aliphatic heterocycles. The number of carbonyl (C=O) groups is 1. The second-order valence-corrected chi connectivity index (χ2v) is 14.7. The standard InChI is InChI=1S/C31H38ClN3O5S/c1-30(2)29(37)34-41(38,39)23-9-12-28-26(16-23)35(17-21-7-10-24(21)27(36)6-4-14-33-30)18-31(19-40-28)13-3-5-20-15-22(32)8-11-25(20)31/h4,6,8-9,11-12,15-16,21,24,27,33,36H,3,5,7,10,13-14,17-19H2,1-2H3,(H,34,37)/b6-4-/t21-,24+,27-,31-/m0/s1. The summed E-state index contributed by atoms with van der Waals surface area (Å²) in [6.45, 7) is 5.37. The van der Waals surface area contributed by atoms with Gasteiger partial charge in [-0.15, -0.1) is 0 Å². The van der Waals surface area contributed by atoms with Gasteiger partial charge in [0.1, 0.15) is 5.75 Å². The van der Waals surface area contributed by atoms with Gasteiger partial charge in [-0.2, -0.15) is 0 Å². The molecule has 3 N–H and O–H groups in total. The van der Waals surface area contributed by atoms with Crippen molar-refractivity contribution < 1.29 is 23.1 Å². The molecule has 6 rings (SSSR count). The molecular formula is C31H38ClN3O5S. The summed E-state index contributed by atoms with van der Waals surface area (Å²) in [6, 6.07) is 10.9. The minimum absolute atomic E-state index is 0.0120. The predicted molar refractivity (Wildman–Crippen MR) is 159 cm³/mol. The highest BCUT2D eigenvalue weighted by Crippen LogP contribution is 2.47. The number of sulfonamides is 1. The van der Waals surface area contributed by atoms with E-state index in [1.54, 1.807) is 32.1 Å². The maximum atomic E-state index is 13.4. The Balaban J connectivity index is 1.44. The second-order valence-electron chi connectivity index (χ2n) is 12.6. The number of aliphatic hydroxyl groups is 1. The molecule has 41 heavy (non-hydrogen) atoms. The molecule has 2 aromatic carbocycles. The molecule has 2 bridgehead atoms. The Bertz CT molecular complexity index is 1490. The predicted octanol–water partition coefficient (Wildman–Crippen LogP) is 3.94. The number of nitrogens with one attached hydrogen (secondary N) is 2. The summed E-state index contributed by atoms with van der Waals surface area (Å²) >= 11 is 6.37. The average molecular weight is 600 g/mol. The molecule has 0 saturated heterocycles. The fourth-order valence-electron chi connectivity index (χ4n) is 6.87. The number of fused-ring (bicyclic) bond motifs is 4. The van der Waals surface area contributed by atoms with Gasteiger partial charge in [-0.1, -0.05) is 29.8 Å². The van der Waals surface area contributed by atoms with E-state index in [2.05, 4.69) is 27.1 Å². The molecule has 0 aromatic heterocycles. The fraction of sp³-hybridized carbons (Fsp3) is 0.516. The largest absolute Gasteiger partial charge is 0.490 e. The van der Waals surface area contributed by atoms with Gasteiger partial charge in [0.25, 0.3) is 15.9 Å². The van der Waals surface area contributed by atoms with Crippen LogP contribution in [-0.4, -0.2) is 57.3 Å². The van der Waals surface area contributed by atoms with Gasteiger partial charge in [0.2, 0.25) is 0 Å². The van der Waals surface area contributed by atoms with Gasteiger partial charge >= 0.3 is 0 Å². The lowest BCUT2D eigenvalue weighted by Crippen LogP contribution is -2.54. The molecule has 2 aliphatic carbocycles. The summed E-state index contributed by atoms with van der Waals surface area (Å²) in [7, 11) is -4.14. The zero-order valence-corrected chi connectivity index (χ0v) is 25.1. The van der Waals surface area contributed by atoms with E-state index in [9.17, 15) is 18.3 Å². The first kappa shape index (κ1) is 28.5. The first-order valence-electron chi connectivity index (χ1n) is 14.5. The van der Waals surface area contributed by atoms with Gasteiger partial charge in [0, 0.05) is 30.1 Å². The van der Waals surface area contributed by atoms with Gasteiger partial charge in [0.15, 0.2) is 0 Å². The van der Waals surface area contributed by atoms with Crippen LogP contribution < -0.4 is 19.7 Å². The Kier molecular flexibility index (Phi) is 7.37. The van der Waals surface area contributed by atoms with E-state index in [0.717, 1.165) is 37.1 Å². The van der Waals surface area contributed by atoms with Crippen molar-refractivity contribution in [3.63, 3.8) is 0 Å². The lowest BCUT2D eigenvalue weighted by molar-refractivity contribution is -0.124.